The molecule has 0 unspecified atom stereocenters. The molecule has 0 bridgehead atoms. The summed E-state index contributed by atoms with van der Waals surface area (Å²) < 4.78 is 28.6. The number of morpholine rings is 1. The molecule has 1 aromatic carbocycles. The molecule has 1 spiro atoms. The van der Waals surface area contributed by atoms with Gasteiger partial charge in [0.05, 0.1) is 35.5 Å². The van der Waals surface area contributed by atoms with E-state index in [4.69, 9.17) is 15.0 Å². The van der Waals surface area contributed by atoms with Crippen LogP contribution in [0.15, 0.2) is 16.8 Å². The Balaban J connectivity index is 1.59. The van der Waals surface area contributed by atoms with E-state index in [9.17, 15) is 19.6 Å². The first kappa shape index (κ1) is 22.0. The number of urea groups is 1. The molecule has 0 radical (unpaired) electrons. The standard InChI is InChI=1S/C22H19FN8O5/c1-8-6-30-14-10(4-22(16(30)9(2)35-8)19(32)26-21(34)27-20(22)33)3-12-15(13(14)23)36-29-18(12)31-7-11(5-24)17(25)28-31/h3,7-9,16H,4,6H2,1-2H3,(H2,25,28)(H2,26,27,32,33,34)/t8-,9+,16-/m1/s1. The zero-order valence-electron chi connectivity index (χ0n) is 19.0. The summed E-state index contributed by atoms with van der Waals surface area (Å²) in [5, 5.41) is 21.8. The molecule has 13 nitrogen and oxygen atoms in total. The zero-order valence-corrected chi connectivity index (χ0v) is 19.0. The molecule has 2 saturated heterocycles. The lowest BCUT2D eigenvalue weighted by molar-refractivity contribution is -0.153. The van der Waals surface area contributed by atoms with E-state index in [1.807, 2.05) is 6.07 Å². The Morgan fingerprint density at radius 1 is 1.28 bits per heavy atom. The van der Waals surface area contributed by atoms with Gasteiger partial charge in [-0.05, 0) is 25.5 Å². The smallest absolute Gasteiger partial charge is 0.328 e. The van der Waals surface area contributed by atoms with Crippen molar-refractivity contribution in [3.63, 3.8) is 0 Å². The highest BCUT2D eigenvalue weighted by atomic mass is 19.1. The SMILES string of the molecule is C[C@@H]1CN2c3c(cc4c(-n5cc(C#N)c(N)n5)noc4c3F)CC3(C(=O)NC(=O)NC3=O)[C@H]2[C@H](C)O1. The maximum atomic E-state index is 16.1. The van der Waals surface area contributed by atoms with Crippen molar-refractivity contribution in [3.05, 3.63) is 29.2 Å². The Hall–Kier alpha value is -4.51. The molecule has 184 valence electrons. The van der Waals surface area contributed by atoms with Gasteiger partial charge >= 0.3 is 6.03 Å². The summed E-state index contributed by atoms with van der Waals surface area (Å²) >= 11 is 0. The van der Waals surface area contributed by atoms with Crippen LogP contribution in [0.2, 0.25) is 0 Å². The van der Waals surface area contributed by atoms with Gasteiger partial charge in [0, 0.05) is 13.0 Å². The minimum absolute atomic E-state index is 0.0367. The van der Waals surface area contributed by atoms with Gasteiger partial charge in [0.15, 0.2) is 17.1 Å². The van der Waals surface area contributed by atoms with Crippen LogP contribution >= 0.6 is 0 Å². The number of fused-ring (bicyclic) bond motifs is 5. The second-order valence-electron chi connectivity index (χ2n) is 9.20. The fraction of sp³-hybridized carbons (Fsp3) is 0.364. The highest BCUT2D eigenvalue weighted by Crippen LogP contribution is 2.49. The molecule has 3 atom stereocenters. The Labute approximate surface area is 201 Å². The molecular weight excluding hydrogens is 475 g/mol. The van der Waals surface area contributed by atoms with Crippen LogP contribution in [0.1, 0.15) is 25.0 Å². The van der Waals surface area contributed by atoms with Gasteiger partial charge in [-0.2, -0.15) is 5.26 Å². The first-order chi connectivity index (χ1) is 17.1. The van der Waals surface area contributed by atoms with Gasteiger partial charge < -0.3 is 19.9 Å². The number of nitrogens with one attached hydrogen (secondary N) is 2. The third-order valence-electron chi connectivity index (χ3n) is 7.03. The number of amides is 4. The van der Waals surface area contributed by atoms with Crippen LogP contribution < -0.4 is 21.3 Å². The zero-order chi connectivity index (χ0) is 25.5. The third-order valence-corrected chi connectivity index (χ3v) is 7.03. The van der Waals surface area contributed by atoms with E-state index in [-0.39, 0.29) is 52.9 Å². The van der Waals surface area contributed by atoms with Crippen LogP contribution in [0.3, 0.4) is 0 Å². The molecule has 3 aromatic rings. The van der Waals surface area contributed by atoms with Crippen molar-refractivity contribution >= 4 is 40.3 Å². The number of benzene rings is 1. The molecule has 0 aliphatic carbocycles. The van der Waals surface area contributed by atoms with Gasteiger partial charge in [-0.15, -0.1) is 5.10 Å². The molecule has 3 aliphatic rings. The normalized spacial score (nSPS) is 24.8. The maximum absolute atomic E-state index is 16.1. The molecule has 4 amide bonds. The van der Waals surface area contributed by atoms with Crippen molar-refractivity contribution in [2.75, 3.05) is 17.2 Å². The van der Waals surface area contributed by atoms with Gasteiger partial charge in [-0.1, -0.05) is 5.16 Å². The number of rotatable bonds is 1. The lowest BCUT2D eigenvalue weighted by Crippen LogP contribution is -2.75. The minimum Gasteiger partial charge on any atom is -0.381 e. The number of halogens is 1. The first-order valence-corrected chi connectivity index (χ1v) is 11.1. The molecule has 4 N–H and O–H groups in total. The number of nitrogen functional groups attached to an aromatic ring is 1. The van der Waals surface area contributed by atoms with Gasteiger partial charge in [0.25, 0.3) is 0 Å². The highest BCUT2D eigenvalue weighted by Gasteiger charge is 2.63. The molecule has 14 heteroatoms. The van der Waals surface area contributed by atoms with E-state index in [0.29, 0.717) is 5.56 Å². The number of nitriles is 1. The lowest BCUT2D eigenvalue weighted by atomic mass is 9.66. The van der Waals surface area contributed by atoms with Gasteiger partial charge in [-0.3, -0.25) is 20.2 Å². The fourth-order valence-corrected chi connectivity index (χ4v) is 5.68. The van der Waals surface area contributed by atoms with E-state index >= 15 is 4.39 Å². The number of hydrogen-bond acceptors (Lipinski definition) is 10. The largest absolute Gasteiger partial charge is 0.381 e. The second-order valence-corrected chi connectivity index (χ2v) is 9.20. The summed E-state index contributed by atoms with van der Waals surface area (Å²) in [4.78, 5) is 40.1. The molecule has 2 aromatic heterocycles. The Bertz CT molecular complexity index is 1520. The molecule has 5 heterocycles. The van der Waals surface area contributed by atoms with Gasteiger partial charge in [0.2, 0.25) is 23.2 Å². The first-order valence-electron chi connectivity index (χ1n) is 11.1. The number of hydrogen-bond donors (Lipinski definition) is 3. The Kier molecular flexibility index (Phi) is 4.43. The number of barbiturate groups is 1. The number of imide groups is 2. The lowest BCUT2D eigenvalue weighted by Gasteiger charge is -2.55. The number of carbonyl (C=O) groups is 3. The summed E-state index contributed by atoms with van der Waals surface area (Å²) in [6, 6.07) is 1.66. The van der Waals surface area contributed by atoms with Crippen molar-refractivity contribution in [2.24, 2.45) is 5.41 Å². The summed E-state index contributed by atoms with van der Waals surface area (Å²) in [5.74, 6) is -2.26. The predicted octanol–water partition coefficient (Wildman–Crippen LogP) is 0.497. The summed E-state index contributed by atoms with van der Waals surface area (Å²) in [6.45, 7) is 3.69. The van der Waals surface area contributed by atoms with E-state index in [0.717, 1.165) is 0 Å². The van der Waals surface area contributed by atoms with E-state index in [2.05, 4.69) is 20.9 Å². The van der Waals surface area contributed by atoms with Crippen molar-refractivity contribution in [1.82, 2.24) is 25.6 Å². The average molecular weight is 494 g/mol. The number of aromatic nitrogens is 3. The topological polar surface area (TPSA) is 181 Å². The van der Waals surface area contributed by atoms with Crippen LogP contribution in [-0.4, -0.2) is 57.6 Å². The second kappa shape index (κ2) is 7.25. The van der Waals surface area contributed by atoms with Crippen molar-refractivity contribution in [2.45, 2.75) is 38.5 Å². The molecule has 2 fully saturated rings. The summed E-state index contributed by atoms with van der Waals surface area (Å²) in [7, 11) is 0. The number of ether oxygens (including phenoxy) is 1. The fourth-order valence-electron chi connectivity index (χ4n) is 5.68. The van der Waals surface area contributed by atoms with E-state index < -0.39 is 41.2 Å². The van der Waals surface area contributed by atoms with Gasteiger partial charge in [0.1, 0.15) is 11.6 Å². The number of anilines is 2. The molecule has 6 rings (SSSR count). The average Bonchev–Trinajstić information content (AvgIpc) is 3.39. The van der Waals surface area contributed by atoms with Crippen LogP contribution in [0, 0.1) is 22.6 Å². The van der Waals surface area contributed by atoms with Crippen LogP contribution in [0.4, 0.5) is 20.7 Å². The Morgan fingerprint density at radius 3 is 2.67 bits per heavy atom. The van der Waals surface area contributed by atoms with Crippen LogP contribution in [0.5, 0.6) is 0 Å². The maximum Gasteiger partial charge on any atom is 0.328 e. The predicted molar refractivity (Wildman–Crippen MR) is 119 cm³/mol. The number of carbonyl (C=O) groups excluding carboxylic acids is 3. The highest BCUT2D eigenvalue weighted by molar-refractivity contribution is 6.20. The molecule has 36 heavy (non-hydrogen) atoms. The number of nitrogens with zero attached hydrogens (tertiary/aromatic N) is 5. The molecule has 0 saturated carbocycles. The summed E-state index contributed by atoms with van der Waals surface area (Å²) in [6.07, 6.45) is 0.134. The van der Waals surface area contributed by atoms with Crippen LogP contribution in [0.25, 0.3) is 16.8 Å². The van der Waals surface area contributed by atoms with Gasteiger partial charge in [-0.25, -0.2) is 13.9 Å². The number of nitrogens with two attached hydrogens (primary N) is 1. The van der Waals surface area contributed by atoms with E-state index in [1.165, 1.54) is 10.9 Å². The van der Waals surface area contributed by atoms with E-state index in [1.54, 1.807) is 24.8 Å². The monoisotopic (exact) mass is 494 g/mol. The molecular formula is C22H19FN8O5. The van der Waals surface area contributed by atoms with Crippen LogP contribution in [-0.2, 0) is 20.7 Å². The quantitative estimate of drug-likeness (QED) is 0.403. The van der Waals surface area contributed by atoms with Crippen molar-refractivity contribution in [1.29, 1.82) is 5.26 Å². The third kappa shape index (κ3) is 2.74. The minimum atomic E-state index is -1.76. The Morgan fingerprint density at radius 2 is 2.00 bits per heavy atom. The van der Waals surface area contributed by atoms with Crippen molar-refractivity contribution in [3.8, 4) is 11.9 Å². The summed E-state index contributed by atoms with van der Waals surface area (Å²) in [5.41, 5.74) is 4.43. The van der Waals surface area contributed by atoms with Crippen molar-refractivity contribution < 1.29 is 28.0 Å². The molecule has 3 aliphatic heterocycles.